The largest absolute Gasteiger partial charge is 0.430 e. The molecule has 0 saturated heterocycles. The highest BCUT2D eigenvalue weighted by Gasteiger charge is 2.20. The van der Waals surface area contributed by atoms with Gasteiger partial charge in [-0.1, -0.05) is 16.4 Å². The molecule has 1 heterocycles. The lowest BCUT2D eigenvalue weighted by Gasteiger charge is -2.04. The minimum absolute atomic E-state index is 0.267. The maximum atomic E-state index is 13.0. The third-order valence-corrected chi connectivity index (χ3v) is 3.70. The lowest BCUT2D eigenvalue weighted by Crippen LogP contribution is -2.14. The molecule has 1 saturated carbocycles. The van der Waals surface area contributed by atoms with E-state index in [1.165, 1.54) is 36.3 Å². The quantitative estimate of drug-likeness (QED) is 0.914. The molecule has 0 amide bonds. The van der Waals surface area contributed by atoms with Crippen molar-refractivity contribution in [1.29, 1.82) is 0 Å². The highest BCUT2D eigenvalue weighted by molar-refractivity contribution is 7.13. The smallest absolute Gasteiger partial charge is 0.299 e. The second-order valence-corrected chi connectivity index (χ2v) is 5.65. The predicted octanol–water partition coefficient (Wildman–Crippen LogP) is 3.03. The van der Waals surface area contributed by atoms with Crippen molar-refractivity contribution < 1.29 is 9.13 Å². The molecule has 6 heteroatoms. The van der Waals surface area contributed by atoms with Crippen LogP contribution in [0.15, 0.2) is 18.2 Å². The molecule has 4 nitrogen and oxygen atoms in total. The molecule has 3 rings (SSSR count). The number of nitrogens with zero attached hydrogens (tertiary/aromatic N) is 2. The Kier molecular flexibility index (Phi) is 3.44. The molecular formula is C13H14FN3OS. The Morgan fingerprint density at radius 2 is 2.26 bits per heavy atom. The summed E-state index contributed by atoms with van der Waals surface area (Å²) in [6.07, 6.45) is 2.49. The molecule has 0 spiro atoms. The Balaban J connectivity index is 1.65. The van der Waals surface area contributed by atoms with Gasteiger partial charge in [-0.3, -0.25) is 0 Å². The fourth-order valence-electron chi connectivity index (χ4n) is 1.69. The molecule has 0 bridgehead atoms. The van der Waals surface area contributed by atoms with E-state index in [1.807, 2.05) is 0 Å². The van der Waals surface area contributed by atoms with Crippen molar-refractivity contribution in [2.75, 3.05) is 0 Å². The maximum absolute atomic E-state index is 13.0. The summed E-state index contributed by atoms with van der Waals surface area (Å²) in [6, 6.07) is 5.06. The Morgan fingerprint density at radius 3 is 3.00 bits per heavy atom. The first-order valence-electron chi connectivity index (χ1n) is 6.20. The van der Waals surface area contributed by atoms with Crippen molar-refractivity contribution in [1.82, 2.24) is 15.5 Å². The van der Waals surface area contributed by atoms with E-state index in [1.54, 1.807) is 13.0 Å². The average Bonchev–Trinajstić information content (AvgIpc) is 3.10. The summed E-state index contributed by atoms with van der Waals surface area (Å²) in [6.45, 7) is 2.53. The SMILES string of the molecule is Cc1cc(F)ccc1Oc1nnc(CNC2CC2)s1. The molecule has 1 N–H and O–H groups in total. The minimum Gasteiger partial charge on any atom is -0.430 e. The van der Waals surface area contributed by atoms with Gasteiger partial charge in [0, 0.05) is 6.04 Å². The summed E-state index contributed by atoms with van der Waals surface area (Å²) < 4.78 is 18.6. The van der Waals surface area contributed by atoms with Gasteiger partial charge in [-0.25, -0.2) is 4.39 Å². The van der Waals surface area contributed by atoms with Crippen LogP contribution < -0.4 is 10.1 Å². The zero-order valence-electron chi connectivity index (χ0n) is 10.5. The lowest BCUT2D eigenvalue weighted by molar-refractivity contribution is 0.467. The average molecular weight is 279 g/mol. The van der Waals surface area contributed by atoms with Crippen molar-refractivity contribution in [3.05, 3.63) is 34.6 Å². The summed E-state index contributed by atoms with van der Waals surface area (Å²) in [5.74, 6) is 0.343. The third kappa shape index (κ3) is 3.27. The Bertz CT molecular complexity index is 583. The van der Waals surface area contributed by atoms with Crippen LogP contribution in [0, 0.1) is 12.7 Å². The van der Waals surface area contributed by atoms with Crippen LogP contribution in [0.4, 0.5) is 4.39 Å². The first-order valence-corrected chi connectivity index (χ1v) is 7.02. The van der Waals surface area contributed by atoms with Crippen molar-refractivity contribution in [3.8, 4) is 10.9 Å². The molecule has 19 heavy (non-hydrogen) atoms. The van der Waals surface area contributed by atoms with Gasteiger partial charge in [-0.15, -0.1) is 5.10 Å². The number of rotatable bonds is 5. The van der Waals surface area contributed by atoms with Gasteiger partial charge in [0.2, 0.25) is 0 Å². The van der Waals surface area contributed by atoms with Crippen LogP contribution in [0.3, 0.4) is 0 Å². The number of hydrogen-bond acceptors (Lipinski definition) is 5. The maximum Gasteiger partial charge on any atom is 0.299 e. The van der Waals surface area contributed by atoms with Crippen molar-refractivity contribution in [2.45, 2.75) is 32.4 Å². The van der Waals surface area contributed by atoms with Crippen LogP contribution in [0.25, 0.3) is 0 Å². The zero-order chi connectivity index (χ0) is 13.2. The van der Waals surface area contributed by atoms with E-state index < -0.39 is 0 Å². The van der Waals surface area contributed by atoms with Gasteiger partial charge >= 0.3 is 0 Å². The van der Waals surface area contributed by atoms with E-state index in [0.29, 0.717) is 17.0 Å². The number of nitrogens with one attached hydrogen (secondary N) is 1. The van der Waals surface area contributed by atoms with Gasteiger partial charge in [0.1, 0.15) is 16.6 Å². The van der Waals surface area contributed by atoms with Crippen LogP contribution in [0.5, 0.6) is 10.9 Å². The molecule has 1 aromatic carbocycles. The van der Waals surface area contributed by atoms with Crippen LogP contribution in [0.2, 0.25) is 0 Å². The molecular weight excluding hydrogens is 265 g/mol. The topological polar surface area (TPSA) is 47.0 Å². The Hall–Kier alpha value is -1.53. The van der Waals surface area contributed by atoms with E-state index in [-0.39, 0.29) is 5.82 Å². The van der Waals surface area contributed by atoms with E-state index in [9.17, 15) is 4.39 Å². The van der Waals surface area contributed by atoms with Gasteiger partial charge in [0.15, 0.2) is 0 Å². The van der Waals surface area contributed by atoms with E-state index in [2.05, 4.69) is 15.5 Å². The number of aromatic nitrogens is 2. The van der Waals surface area contributed by atoms with Gasteiger partial charge < -0.3 is 10.1 Å². The molecule has 0 aliphatic heterocycles. The monoisotopic (exact) mass is 279 g/mol. The Morgan fingerprint density at radius 1 is 1.42 bits per heavy atom. The van der Waals surface area contributed by atoms with Crippen molar-refractivity contribution in [2.24, 2.45) is 0 Å². The zero-order valence-corrected chi connectivity index (χ0v) is 11.3. The number of halogens is 1. The summed E-state index contributed by atoms with van der Waals surface area (Å²) in [7, 11) is 0. The Labute approximate surface area is 114 Å². The van der Waals surface area contributed by atoms with Gasteiger partial charge in [0.25, 0.3) is 5.19 Å². The fraction of sp³-hybridized carbons (Fsp3) is 0.385. The van der Waals surface area contributed by atoms with Gasteiger partial charge in [-0.2, -0.15) is 0 Å². The van der Waals surface area contributed by atoms with Crippen molar-refractivity contribution >= 4 is 11.3 Å². The normalized spacial score (nSPS) is 14.6. The highest BCUT2D eigenvalue weighted by atomic mass is 32.1. The molecule has 1 aromatic heterocycles. The summed E-state index contributed by atoms with van der Waals surface area (Å²) in [4.78, 5) is 0. The molecule has 0 atom stereocenters. The molecule has 100 valence electrons. The standard InChI is InChI=1S/C13H14FN3OS/c1-8-6-9(14)2-5-11(8)18-13-17-16-12(19-13)7-15-10-3-4-10/h2,5-6,10,15H,3-4,7H2,1H3. The number of benzene rings is 1. The van der Waals surface area contributed by atoms with Crippen LogP contribution in [-0.4, -0.2) is 16.2 Å². The van der Waals surface area contributed by atoms with E-state index >= 15 is 0 Å². The predicted molar refractivity (Wildman–Crippen MR) is 71.0 cm³/mol. The minimum atomic E-state index is -0.267. The number of aryl methyl sites for hydroxylation is 1. The third-order valence-electron chi connectivity index (χ3n) is 2.90. The number of hydrogen-bond donors (Lipinski definition) is 1. The molecule has 0 radical (unpaired) electrons. The van der Waals surface area contributed by atoms with Crippen LogP contribution in [-0.2, 0) is 6.54 Å². The second kappa shape index (κ2) is 5.22. The first-order chi connectivity index (χ1) is 9.20. The molecule has 2 aromatic rings. The fourth-order valence-corrected chi connectivity index (χ4v) is 2.34. The van der Waals surface area contributed by atoms with Gasteiger partial charge in [0.05, 0.1) is 6.54 Å². The van der Waals surface area contributed by atoms with E-state index in [4.69, 9.17) is 4.74 Å². The highest BCUT2D eigenvalue weighted by Crippen LogP contribution is 2.28. The van der Waals surface area contributed by atoms with Crippen LogP contribution >= 0.6 is 11.3 Å². The second-order valence-electron chi connectivity index (χ2n) is 4.63. The number of ether oxygens (including phenoxy) is 1. The van der Waals surface area contributed by atoms with Crippen LogP contribution in [0.1, 0.15) is 23.4 Å². The lowest BCUT2D eigenvalue weighted by atomic mass is 10.2. The van der Waals surface area contributed by atoms with Crippen molar-refractivity contribution in [3.63, 3.8) is 0 Å². The first kappa shape index (κ1) is 12.5. The summed E-state index contributed by atoms with van der Waals surface area (Å²) in [5.41, 5.74) is 0.743. The molecule has 1 aliphatic carbocycles. The summed E-state index contributed by atoms with van der Waals surface area (Å²) in [5, 5.41) is 12.8. The summed E-state index contributed by atoms with van der Waals surface area (Å²) >= 11 is 1.41. The van der Waals surface area contributed by atoms with Gasteiger partial charge in [-0.05, 0) is 43.5 Å². The molecule has 0 unspecified atom stereocenters. The molecule has 1 aliphatic rings. The van der Waals surface area contributed by atoms with E-state index in [0.717, 1.165) is 17.1 Å². The molecule has 1 fully saturated rings.